The first-order chi connectivity index (χ1) is 11.8. The molecule has 0 aliphatic carbocycles. The number of nitrogens with zero attached hydrogens (tertiary/aromatic N) is 2. The first kappa shape index (κ1) is 18.8. The van der Waals surface area contributed by atoms with Crippen LogP contribution in [0.1, 0.15) is 42.5 Å². The van der Waals surface area contributed by atoms with E-state index in [4.69, 9.17) is 9.26 Å². The number of carbonyl (C=O) groups is 1. The molecule has 0 spiro atoms. The van der Waals surface area contributed by atoms with Gasteiger partial charge in [0.2, 0.25) is 0 Å². The van der Waals surface area contributed by atoms with Gasteiger partial charge in [-0.15, -0.1) is 0 Å². The minimum atomic E-state index is -0.167. The van der Waals surface area contributed by atoms with E-state index in [1.807, 2.05) is 52.0 Å². The summed E-state index contributed by atoms with van der Waals surface area (Å²) in [6.07, 6.45) is 0.716. The molecule has 1 aromatic carbocycles. The molecule has 6 nitrogen and oxygen atoms in total. The first-order valence-electron chi connectivity index (χ1n) is 8.43. The highest BCUT2D eigenvalue weighted by molar-refractivity contribution is 5.74. The molecule has 2 atom stereocenters. The Labute approximate surface area is 149 Å². The highest BCUT2D eigenvalue weighted by Crippen LogP contribution is 2.22. The van der Waals surface area contributed by atoms with Gasteiger partial charge in [-0.25, -0.2) is 4.79 Å². The molecule has 2 aromatic rings. The topological polar surface area (TPSA) is 67.6 Å². The predicted molar refractivity (Wildman–Crippen MR) is 96.8 cm³/mol. The summed E-state index contributed by atoms with van der Waals surface area (Å²) >= 11 is 0. The molecule has 0 aliphatic rings. The van der Waals surface area contributed by atoms with Crippen LogP contribution >= 0.6 is 0 Å². The standard InChI is InChI=1S/C19H27N3O3/c1-12(11-16-9-7-8-10-17(16)24-6)22(5)19(23)20-13(2)18-14(3)21-25-15(18)4/h7-10,12-13H,11H2,1-6H3,(H,20,23)/t12-,13+/m1/s1. The molecule has 1 heterocycles. The van der Waals surface area contributed by atoms with E-state index in [0.29, 0.717) is 6.42 Å². The molecule has 1 aromatic heterocycles. The van der Waals surface area contributed by atoms with Crippen molar-refractivity contribution in [3.63, 3.8) is 0 Å². The van der Waals surface area contributed by atoms with Crippen LogP contribution in [0.25, 0.3) is 0 Å². The molecule has 2 rings (SSSR count). The van der Waals surface area contributed by atoms with Crippen molar-refractivity contribution in [2.75, 3.05) is 14.2 Å². The average Bonchev–Trinajstić information content (AvgIpc) is 2.93. The Balaban J connectivity index is 2.01. The predicted octanol–water partition coefficient (Wildman–Crippen LogP) is 3.63. The van der Waals surface area contributed by atoms with Gasteiger partial charge in [-0.2, -0.15) is 0 Å². The van der Waals surface area contributed by atoms with E-state index in [-0.39, 0.29) is 18.1 Å². The van der Waals surface area contributed by atoms with Gasteiger partial charge in [-0.05, 0) is 45.7 Å². The van der Waals surface area contributed by atoms with Crippen molar-refractivity contribution in [3.05, 3.63) is 46.8 Å². The maximum absolute atomic E-state index is 12.6. The fourth-order valence-electron chi connectivity index (χ4n) is 2.99. The van der Waals surface area contributed by atoms with Crippen molar-refractivity contribution < 1.29 is 14.1 Å². The van der Waals surface area contributed by atoms with Crippen molar-refractivity contribution in [2.24, 2.45) is 0 Å². The van der Waals surface area contributed by atoms with Crippen LogP contribution in [-0.2, 0) is 6.42 Å². The van der Waals surface area contributed by atoms with E-state index in [1.165, 1.54) is 0 Å². The zero-order valence-electron chi connectivity index (χ0n) is 15.8. The summed E-state index contributed by atoms with van der Waals surface area (Å²) in [5, 5.41) is 6.96. The summed E-state index contributed by atoms with van der Waals surface area (Å²) in [5.41, 5.74) is 2.81. The number of ether oxygens (including phenoxy) is 1. The van der Waals surface area contributed by atoms with Crippen LogP contribution in [-0.4, -0.2) is 36.3 Å². The van der Waals surface area contributed by atoms with E-state index in [0.717, 1.165) is 28.3 Å². The lowest BCUT2D eigenvalue weighted by molar-refractivity contribution is 0.190. The second kappa shape index (κ2) is 8.05. The van der Waals surface area contributed by atoms with Crippen LogP contribution in [0.4, 0.5) is 4.79 Å². The lowest BCUT2D eigenvalue weighted by Gasteiger charge is -2.27. The number of aromatic nitrogens is 1. The Hall–Kier alpha value is -2.50. The fourth-order valence-corrected chi connectivity index (χ4v) is 2.99. The summed E-state index contributed by atoms with van der Waals surface area (Å²) in [5.74, 6) is 1.57. The number of methoxy groups -OCH3 is 1. The van der Waals surface area contributed by atoms with Crippen LogP contribution in [0.5, 0.6) is 5.75 Å². The largest absolute Gasteiger partial charge is 0.496 e. The minimum absolute atomic E-state index is 0.0215. The maximum atomic E-state index is 12.6. The average molecular weight is 345 g/mol. The van der Waals surface area contributed by atoms with E-state index in [9.17, 15) is 4.79 Å². The summed E-state index contributed by atoms with van der Waals surface area (Å²) in [6.45, 7) is 7.68. The van der Waals surface area contributed by atoms with E-state index in [1.54, 1.807) is 19.1 Å². The molecular weight excluding hydrogens is 318 g/mol. The number of nitrogens with one attached hydrogen (secondary N) is 1. The van der Waals surface area contributed by atoms with E-state index < -0.39 is 0 Å². The molecule has 0 unspecified atom stereocenters. The normalized spacial score (nSPS) is 13.2. The quantitative estimate of drug-likeness (QED) is 0.868. The number of likely N-dealkylation sites (N-methyl/N-ethyl adjacent to an activating group) is 1. The Bertz CT molecular complexity index is 707. The zero-order chi connectivity index (χ0) is 18.6. The van der Waals surface area contributed by atoms with Crippen LogP contribution in [0.2, 0.25) is 0 Å². The molecule has 0 saturated heterocycles. The Kier molecular flexibility index (Phi) is 6.07. The fraction of sp³-hybridized carbons (Fsp3) is 0.474. The van der Waals surface area contributed by atoms with Crippen LogP contribution < -0.4 is 10.1 Å². The number of benzene rings is 1. The molecule has 136 valence electrons. The third kappa shape index (κ3) is 4.32. The van der Waals surface area contributed by atoms with Crippen molar-refractivity contribution in [3.8, 4) is 5.75 Å². The number of para-hydroxylation sites is 1. The number of hydrogen-bond donors (Lipinski definition) is 1. The molecular formula is C19H27N3O3. The zero-order valence-corrected chi connectivity index (χ0v) is 15.8. The highest BCUT2D eigenvalue weighted by atomic mass is 16.5. The van der Waals surface area contributed by atoms with Crippen LogP contribution in [0.15, 0.2) is 28.8 Å². The summed E-state index contributed by atoms with van der Waals surface area (Å²) in [6, 6.07) is 7.59. The van der Waals surface area contributed by atoms with Crippen molar-refractivity contribution >= 4 is 6.03 Å². The molecule has 0 aliphatic heterocycles. The van der Waals surface area contributed by atoms with E-state index >= 15 is 0 Å². The third-order valence-corrected chi connectivity index (χ3v) is 4.55. The SMILES string of the molecule is COc1ccccc1C[C@@H](C)N(C)C(=O)N[C@@H](C)c1c(C)noc1C. The van der Waals surface area contributed by atoms with Gasteiger partial charge in [-0.1, -0.05) is 23.4 Å². The summed E-state index contributed by atoms with van der Waals surface area (Å²) in [4.78, 5) is 14.3. The lowest BCUT2D eigenvalue weighted by atomic mass is 10.1. The molecule has 1 N–H and O–H groups in total. The van der Waals surface area contributed by atoms with Gasteiger partial charge in [0, 0.05) is 18.7 Å². The monoisotopic (exact) mass is 345 g/mol. The number of aryl methyl sites for hydroxylation is 2. The highest BCUT2D eigenvalue weighted by Gasteiger charge is 2.22. The van der Waals surface area contributed by atoms with Gasteiger partial charge in [0.15, 0.2) is 0 Å². The number of amides is 2. The van der Waals surface area contributed by atoms with Crippen molar-refractivity contribution in [2.45, 2.75) is 46.2 Å². The number of rotatable bonds is 6. The van der Waals surface area contributed by atoms with Crippen molar-refractivity contribution in [1.82, 2.24) is 15.4 Å². The lowest BCUT2D eigenvalue weighted by Crippen LogP contribution is -2.44. The van der Waals surface area contributed by atoms with Gasteiger partial charge in [0.05, 0.1) is 18.8 Å². The molecule has 2 amide bonds. The van der Waals surface area contributed by atoms with Crippen molar-refractivity contribution in [1.29, 1.82) is 0 Å². The third-order valence-electron chi connectivity index (χ3n) is 4.55. The second-order valence-electron chi connectivity index (χ2n) is 6.38. The molecule has 0 bridgehead atoms. The molecule has 6 heteroatoms. The smallest absolute Gasteiger partial charge is 0.317 e. The van der Waals surface area contributed by atoms with Crippen LogP contribution in [0, 0.1) is 13.8 Å². The molecule has 0 saturated carbocycles. The molecule has 25 heavy (non-hydrogen) atoms. The van der Waals surface area contributed by atoms with E-state index in [2.05, 4.69) is 10.5 Å². The molecule has 0 fully saturated rings. The Morgan fingerprint density at radius 1 is 1.32 bits per heavy atom. The summed E-state index contributed by atoms with van der Waals surface area (Å²) < 4.78 is 10.6. The second-order valence-corrected chi connectivity index (χ2v) is 6.38. The Morgan fingerprint density at radius 2 is 2.00 bits per heavy atom. The molecule has 0 radical (unpaired) electrons. The van der Waals surface area contributed by atoms with Gasteiger partial charge in [-0.3, -0.25) is 0 Å². The number of carbonyl (C=O) groups excluding carboxylic acids is 1. The summed E-state index contributed by atoms with van der Waals surface area (Å²) in [7, 11) is 3.46. The van der Waals surface area contributed by atoms with Gasteiger partial charge >= 0.3 is 6.03 Å². The number of urea groups is 1. The van der Waals surface area contributed by atoms with Gasteiger partial charge in [0.25, 0.3) is 0 Å². The van der Waals surface area contributed by atoms with Gasteiger partial charge < -0.3 is 19.5 Å². The van der Waals surface area contributed by atoms with Gasteiger partial charge in [0.1, 0.15) is 11.5 Å². The van der Waals surface area contributed by atoms with Crippen LogP contribution in [0.3, 0.4) is 0 Å². The maximum Gasteiger partial charge on any atom is 0.317 e. The number of hydrogen-bond acceptors (Lipinski definition) is 4. The Morgan fingerprint density at radius 3 is 2.60 bits per heavy atom. The minimum Gasteiger partial charge on any atom is -0.496 e. The first-order valence-corrected chi connectivity index (χ1v) is 8.43.